The van der Waals surface area contributed by atoms with E-state index >= 15 is 0 Å². The van der Waals surface area contributed by atoms with Crippen molar-refractivity contribution in [1.82, 2.24) is 9.97 Å². The van der Waals surface area contributed by atoms with Gasteiger partial charge in [-0.15, -0.1) is 0 Å². The molecule has 7 heteroatoms. The minimum atomic E-state index is -0.298. The minimum Gasteiger partial charge on any atom is -0.475 e. The monoisotopic (exact) mass is 323 g/mol. The molecule has 0 aliphatic carbocycles. The van der Waals surface area contributed by atoms with Gasteiger partial charge < -0.3 is 9.64 Å². The molecule has 5 nitrogen and oxygen atoms in total. The average Bonchev–Trinajstić information content (AvgIpc) is 2.62. The van der Waals surface area contributed by atoms with Crippen LogP contribution in [0, 0.1) is 6.92 Å². The number of carbonyl (C=O) groups excluding carboxylic acids is 1. The van der Waals surface area contributed by atoms with Gasteiger partial charge in [-0.2, -0.15) is 0 Å². The molecule has 1 aliphatic rings. The summed E-state index contributed by atoms with van der Waals surface area (Å²) in [6, 6.07) is 5.44. The lowest BCUT2D eigenvalue weighted by molar-refractivity contribution is 0.0989. The Balaban J connectivity index is 2.06. The van der Waals surface area contributed by atoms with E-state index in [0.717, 1.165) is 5.56 Å². The number of anilines is 1. The van der Waals surface area contributed by atoms with Crippen LogP contribution in [0.1, 0.15) is 15.9 Å². The van der Waals surface area contributed by atoms with E-state index in [-0.39, 0.29) is 22.5 Å². The number of carbonyl (C=O) groups is 1. The van der Waals surface area contributed by atoms with Gasteiger partial charge in [-0.25, -0.2) is 9.97 Å². The zero-order valence-electron chi connectivity index (χ0n) is 11.1. The Morgan fingerprint density at radius 1 is 1.29 bits per heavy atom. The minimum absolute atomic E-state index is 0.0788. The maximum Gasteiger partial charge on any atom is 0.267 e. The largest absolute Gasteiger partial charge is 0.475 e. The van der Waals surface area contributed by atoms with Crippen LogP contribution in [-0.2, 0) is 0 Å². The molecule has 1 aromatic heterocycles. The van der Waals surface area contributed by atoms with E-state index in [4.69, 9.17) is 27.9 Å². The Morgan fingerprint density at radius 3 is 2.86 bits per heavy atom. The Kier molecular flexibility index (Phi) is 3.69. The van der Waals surface area contributed by atoms with Crippen LogP contribution in [0.2, 0.25) is 10.2 Å². The van der Waals surface area contributed by atoms with Gasteiger partial charge in [0.25, 0.3) is 5.91 Å². The summed E-state index contributed by atoms with van der Waals surface area (Å²) in [7, 11) is 0. The summed E-state index contributed by atoms with van der Waals surface area (Å²) < 4.78 is 5.47. The standard InChI is InChI=1S/C14H11Cl2N3O2/c1-8-2-3-9(6-10(8)15)19-4-5-21-13-11(14(19)20)12(16)17-7-18-13/h2-3,6-7H,4-5H2,1H3. The van der Waals surface area contributed by atoms with Crippen molar-refractivity contribution in [3.63, 3.8) is 0 Å². The molecule has 1 aliphatic heterocycles. The number of rotatable bonds is 1. The van der Waals surface area contributed by atoms with Crippen LogP contribution < -0.4 is 9.64 Å². The number of aromatic nitrogens is 2. The first kappa shape index (κ1) is 14.1. The predicted molar refractivity (Wildman–Crippen MR) is 80.4 cm³/mol. The van der Waals surface area contributed by atoms with Crippen molar-refractivity contribution in [2.24, 2.45) is 0 Å². The number of benzene rings is 1. The molecule has 3 rings (SSSR count). The molecule has 0 spiro atoms. The molecule has 0 atom stereocenters. The smallest absolute Gasteiger partial charge is 0.267 e. The molecule has 0 radical (unpaired) electrons. The Hall–Kier alpha value is -1.85. The van der Waals surface area contributed by atoms with Crippen molar-refractivity contribution in [2.45, 2.75) is 6.92 Å². The number of fused-ring (bicyclic) bond motifs is 1. The summed E-state index contributed by atoms with van der Waals surface area (Å²) in [6.07, 6.45) is 1.27. The average molecular weight is 324 g/mol. The van der Waals surface area contributed by atoms with Gasteiger partial charge in [-0.05, 0) is 24.6 Å². The van der Waals surface area contributed by atoms with E-state index in [1.165, 1.54) is 6.33 Å². The Labute approximate surface area is 131 Å². The molecule has 108 valence electrons. The number of ether oxygens (including phenoxy) is 1. The Morgan fingerprint density at radius 2 is 2.10 bits per heavy atom. The topological polar surface area (TPSA) is 55.3 Å². The highest BCUT2D eigenvalue weighted by Gasteiger charge is 2.29. The molecule has 2 aromatic rings. The Bertz CT molecular complexity index is 721. The van der Waals surface area contributed by atoms with E-state index in [1.54, 1.807) is 11.0 Å². The summed E-state index contributed by atoms with van der Waals surface area (Å²) in [5.74, 6) is -0.0891. The first-order valence-corrected chi connectivity index (χ1v) is 7.05. The van der Waals surface area contributed by atoms with Crippen LogP contribution in [0.3, 0.4) is 0 Å². The molecular formula is C14H11Cl2N3O2. The maximum absolute atomic E-state index is 12.7. The van der Waals surface area contributed by atoms with Gasteiger partial charge in [0, 0.05) is 10.7 Å². The summed E-state index contributed by atoms with van der Waals surface area (Å²) >= 11 is 12.1. The lowest BCUT2D eigenvalue weighted by atomic mass is 10.2. The first-order valence-electron chi connectivity index (χ1n) is 6.29. The van der Waals surface area contributed by atoms with Crippen LogP contribution in [0.15, 0.2) is 24.5 Å². The van der Waals surface area contributed by atoms with Crippen molar-refractivity contribution in [1.29, 1.82) is 0 Å². The maximum atomic E-state index is 12.7. The summed E-state index contributed by atoms with van der Waals surface area (Å²) in [5.41, 5.74) is 1.81. The molecule has 0 unspecified atom stereocenters. The number of nitrogens with zero attached hydrogens (tertiary/aromatic N) is 3. The number of aryl methyl sites for hydroxylation is 1. The lowest BCUT2D eigenvalue weighted by Crippen LogP contribution is -2.32. The highest BCUT2D eigenvalue weighted by molar-refractivity contribution is 6.34. The van der Waals surface area contributed by atoms with Crippen molar-refractivity contribution in [2.75, 3.05) is 18.1 Å². The third kappa shape index (κ3) is 2.54. The molecule has 0 N–H and O–H groups in total. The van der Waals surface area contributed by atoms with Crippen molar-refractivity contribution in [3.8, 4) is 5.88 Å². The van der Waals surface area contributed by atoms with E-state index in [9.17, 15) is 4.79 Å². The number of amides is 1. The predicted octanol–water partition coefficient (Wildman–Crippen LogP) is 3.13. The van der Waals surface area contributed by atoms with Gasteiger partial charge >= 0.3 is 0 Å². The van der Waals surface area contributed by atoms with Crippen LogP contribution in [0.4, 0.5) is 5.69 Å². The van der Waals surface area contributed by atoms with Crippen molar-refractivity contribution < 1.29 is 9.53 Å². The zero-order chi connectivity index (χ0) is 15.0. The fourth-order valence-corrected chi connectivity index (χ4v) is 2.48. The normalized spacial score (nSPS) is 14.4. The highest BCUT2D eigenvalue weighted by atomic mass is 35.5. The molecule has 0 saturated heterocycles. The van der Waals surface area contributed by atoms with Crippen LogP contribution in [0.25, 0.3) is 0 Å². The summed E-state index contributed by atoms with van der Waals surface area (Å²) in [4.78, 5) is 22.1. The zero-order valence-corrected chi connectivity index (χ0v) is 12.6. The van der Waals surface area contributed by atoms with Gasteiger partial charge in [-0.3, -0.25) is 4.79 Å². The second-order valence-electron chi connectivity index (χ2n) is 4.58. The van der Waals surface area contributed by atoms with Gasteiger partial charge in [-0.1, -0.05) is 29.3 Å². The third-order valence-corrected chi connectivity index (χ3v) is 3.94. The van der Waals surface area contributed by atoms with Crippen molar-refractivity contribution >= 4 is 34.8 Å². The van der Waals surface area contributed by atoms with Gasteiger partial charge in [0.2, 0.25) is 5.88 Å². The molecular weight excluding hydrogens is 313 g/mol. The van der Waals surface area contributed by atoms with Crippen LogP contribution >= 0.6 is 23.2 Å². The lowest BCUT2D eigenvalue weighted by Gasteiger charge is -2.20. The molecule has 2 heterocycles. The van der Waals surface area contributed by atoms with Gasteiger partial charge in [0.05, 0.1) is 6.54 Å². The van der Waals surface area contributed by atoms with Crippen molar-refractivity contribution in [3.05, 3.63) is 45.8 Å². The van der Waals surface area contributed by atoms with E-state index in [2.05, 4.69) is 9.97 Å². The molecule has 1 aromatic carbocycles. The first-order chi connectivity index (χ1) is 10.1. The highest BCUT2D eigenvalue weighted by Crippen LogP contribution is 2.30. The molecule has 0 fully saturated rings. The van der Waals surface area contributed by atoms with E-state index in [1.807, 2.05) is 19.1 Å². The van der Waals surface area contributed by atoms with Gasteiger partial charge in [0.1, 0.15) is 23.7 Å². The molecule has 0 bridgehead atoms. The summed E-state index contributed by atoms with van der Waals surface area (Å²) in [6.45, 7) is 2.60. The number of halogens is 2. The second-order valence-corrected chi connectivity index (χ2v) is 5.35. The second kappa shape index (κ2) is 5.50. The number of hydrogen-bond acceptors (Lipinski definition) is 4. The molecule has 0 saturated carbocycles. The summed E-state index contributed by atoms with van der Waals surface area (Å²) in [5, 5.41) is 0.677. The van der Waals surface area contributed by atoms with Crippen LogP contribution in [0.5, 0.6) is 5.88 Å². The fourth-order valence-electron chi connectivity index (χ4n) is 2.10. The quantitative estimate of drug-likeness (QED) is 0.756. The molecule has 1 amide bonds. The molecule has 21 heavy (non-hydrogen) atoms. The fraction of sp³-hybridized carbons (Fsp3) is 0.214. The third-order valence-electron chi connectivity index (χ3n) is 3.25. The van der Waals surface area contributed by atoms with Gasteiger partial charge in [0.15, 0.2) is 0 Å². The van der Waals surface area contributed by atoms with E-state index in [0.29, 0.717) is 23.9 Å². The van der Waals surface area contributed by atoms with E-state index < -0.39 is 0 Å². The van der Waals surface area contributed by atoms with Crippen LogP contribution in [-0.4, -0.2) is 29.0 Å². The number of hydrogen-bond donors (Lipinski definition) is 0. The SMILES string of the molecule is Cc1ccc(N2CCOc3ncnc(Cl)c3C2=O)cc1Cl.